The molecule has 3 saturated carbocycles. The predicted molar refractivity (Wildman–Crippen MR) is 92.3 cm³/mol. The third-order valence-corrected chi connectivity index (χ3v) is 8.51. The first-order valence-corrected chi connectivity index (χ1v) is 9.77. The molecule has 0 amide bonds. The van der Waals surface area contributed by atoms with E-state index >= 15 is 0 Å². The lowest BCUT2D eigenvalue weighted by molar-refractivity contribution is -0.133. The van der Waals surface area contributed by atoms with Gasteiger partial charge in [-0.2, -0.15) is 0 Å². The molecule has 1 N–H and O–H groups in total. The molecule has 3 heteroatoms. The van der Waals surface area contributed by atoms with Gasteiger partial charge in [-0.25, -0.2) is 0 Å². The number of aliphatic hydroxyl groups excluding tert-OH is 1. The maximum absolute atomic E-state index is 12.3. The number of allylic oxidation sites excluding steroid dienone is 1. The average molecular weight is 330 g/mol. The van der Waals surface area contributed by atoms with Crippen LogP contribution in [0.5, 0.6) is 0 Å². The smallest absolute Gasteiger partial charge is 0.161 e. The lowest BCUT2D eigenvalue weighted by Crippen LogP contribution is -2.51. The number of carbonyl (C=O) groups is 2. The van der Waals surface area contributed by atoms with Crippen LogP contribution in [0.25, 0.3) is 0 Å². The van der Waals surface area contributed by atoms with E-state index in [0.717, 1.165) is 32.1 Å². The number of ketones is 2. The van der Waals surface area contributed by atoms with Crippen LogP contribution in [0.1, 0.15) is 65.2 Å². The van der Waals surface area contributed by atoms with E-state index in [1.807, 2.05) is 6.08 Å². The summed E-state index contributed by atoms with van der Waals surface area (Å²) < 4.78 is 0. The van der Waals surface area contributed by atoms with E-state index in [2.05, 4.69) is 13.8 Å². The second kappa shape index (κ2) is 5.52. The summed E-state index contributed by atoms with van der Waals surface area (Å²) in [6.07, 6.45) is 10.3. The van der Waals surface area contributed by atoms with Crippen LogP contribution in [0.4, 0.5) is 0 Å². The molecule has 4 aliphatic rings. The molecule has 4 rings (SSSR count). The van der Waals surface area contributed by atoms with Crippen molar-refractivity contribution in [3.63, 3.8) is 0 Å². The molecule has 0 aliphatic heterocycles. The third kappa shape index (κ3) is 2.13. The maximum Gasteiger partial charge on any atom is 0.161 e. The molecular formula is C21H30O3. The molecule has 3 unspecified atom stereocenters. The molecule has 4 aliphatic carbocycles. The molecule has 0 spiro atoms. The molecule has 3 nitrogen and oxygen atoms in total. The fourth-order valence-corrected chi connectivity index (χ4v) is 7.20. The second-order valence-electron chi connectivity index (χ2n) is 9.27. The van der Waals surface area contributed by atoms with Gasteiger partial charge < -0.3 is 5.11 Å². The minimum Gasteiger partial charge on any atom is -0.389 e. The predicted octanol–water partition coefficient (Wildman–Crippen LogP) is 3.70. The highest BCUT2D eigenvalue weighted by Crippen LogP contribution is 2.66. The van der Waals surface area contributed by atoms with Crippen LogP contribution in [-0.2, 0) is 9.59 Å². The standard InChI is InChI=1S/C21H30O3/c1-20-9-7-14(23)11-13(20)3-4-15-16-5-6-18(19(24)12-22)21(16,2)10-8-17(15)20/h11,15-18,22H,3-10,12H2,1-2H3/t15?,16-,17-,18+,20?,21?/m0/s1. The summed E-state index contributed by atoms with van der Waals surface area (Å²) >= 11 is 0. The summed E-state index contributed by atoms with van der Waals surface area (Å²) in [4.78, 5) is 24.1. The Morgan fingerprint density at radius 2 is 1.92 bits per heavy atom. The minimum absolute atomic E-state index is 0.0596. The van der Waals surface area contributed by atoms with Gasteiger partial charge in [0, 0.05) is 12.3 Å². The van der Waals surface area contributed by atoms with Gasteiger partial charge in [0.05, 0.1) is 0 Å². The van der Waals surface area contributed by atoms with E-state index in [1.54, 1.807) is 0 Å². The minimum atomic E-state index is -0.298. The fraction of sp³-hybridized carbons (Fsp3) is 0.810. The van der Waals surface area contributed by atoms with E-state index in [-0.39, 0.29) is 29.1 Å². The molecule has 0 radical (unpaired) electrons. The number of fused-ring (bicyclic) bond motifs is 5. The molecule has 0 bridgehead atoms. The summed E-state index contributed by atoms with van der Waals surface area (Å²) in [5, 5.41) is 9.36. The van der Waals surface area contributed by atoms with Crippen molar-refractivity contribution in [2.45, 2.75) is 65.2 Å². The fourth-order valence-electron chi connectivity index (χ4n) is 7.20. The van der Waals surface area contributed by atoms with Gasteiger partial charge in [0.1, 0.15) is 6.61 Å². The number of rotatable bonds is 2. The van der Waals surface area contributed by atoms with Crippen LogP contribution in [0.2, 0.25) is 0 Å². The third-order valence-electron chi connectivity index (χ3n) is 8.51. The number of hydrogen-bond donors (Lipinski definition) is 1. The molecule has 132 valence electrons. The maximum atomic E-state index is 12.3. The van der Waals surface area contributed by atoms with Crippen LogP contribution in [0.15, 0.2) is 11.6 Å². The van der Waals surface area contributed by atoms with Crippen molar-refractivity contribution in [1.29, 1.82) is 0 Å². The molecule has 3 fully saturated rings. The van der Waals surface area contributed by atoms with Gasteiger partial charge in [-0.05, 0) is 79.6 Å². The zero-order chi connectivity index (χ0) is 17.1. The zero-order valence-electron chi connectivity index (χ0n) is 15.0. The Bertz CT molecular complexity index is 606. The van der Waals surface area contributed by atoms with E-state index in [1.165, 1.54) is 18.4 Å². The van der Waals surface area contributed by atoms with Crippen molar-refractivity contribution >= 4 is 11.6 Å². The Morgan fingerprint density at radius 3 is 2.67 bits per heavy atom. The highest BCUT2D eigenvalue weighted by Gasteiger charge is 2.59. The second-order valence-corrected chi connectivity index (χ2v) is 9.27. The Kier molecular flexibility index (Phi) is 3.80. The van der Waals surface area contributed by atoms with Gasteiger partial charge in [-0.3, -0.25) is 9.59 Å². The Labute approximate surface area is 144 Å². The van der Waals surface area contributed by atoms with Crippen molar-refractivity contribution in [3.8, 4) is 0 Å². The molecule has 6 atom stereocenters. The van der Waals surface area contributed by atoms with E-state index in [0.29, 0.717) is 30.0 Å². The van der Waals surface area contributed by atoms with Gasteiger partial charge in [-0.15, -0.1) is 0 Å². The number of carbonyl (C=O) groups excluding carboxylic acids is 2. The Morgan fingerprint density at radius 1 is 1.12 bits per heavy atom. The topological polar surface area (TPSA) is 54.4 Å². The van der Waals surface area contributed by atoms with Gasteiger partial charge >= 0.3 is 0 Å². The first-order chi connectivity index (χ1) is 11.4. The number of Topliss-reactive ketones (excluding diaryl/α,β-unsaturated/α-hetero) is 1. The molecule has 0 aromatic rings. The van der Waals surface area contributed by atoms with Gasteiger partial charge in [0.25, 0.3) is 0 Å². The summed E-state index contributed by atoms with van der Waals surface area (Å²) in [6, 6.07) is 0. The van der Waals surface area contributed by atoms with Crippen LogP contribution < -0.4 is 0 Å². The van der Waals surface area contributed by atoms with Crippen molar-refractivity contribution in [2.75, 3.05) is 6.61 Å². The molecule has 0 aromatic carbocycles. The summed E-state index contributed by atoms with van der Waals surface area (Å²) in [6.45, 7) is 4.42. The van der Waals surface area contributed by atoms with Crippen LogP contribution >= 0.6 is 0 Å². The Hall–Kier alpha value is -0.960. The summed E-state index contributed by atoms with van der Waals surface area (Å²) in [5.41, 5.74) is 1.70. The quantitative estimate of drug-likeness (QED) is 0.840. The largest absolute Gasteiger partial charge is 0.389 e. The van der Waals surface area contributed by atoms with Gasteiger partial charge in [0.2, 0.25) is 0 Å². The monoisotopic (exact) mass is 330 g/mol. The van der Waals surface area contributed by atoms with E-state index in [9.17, 15) is 14.7 Å². The van der Waals surface area contributed by atoms with Crippen molar-refractivity contribution in [2.24, 2.45) is 34.5 Å². The van der Waals surface area contributed by atoms with Crippen molar-refractivity contribution in [3.05, 3.63) is 11.6 Å². The first-order valence-electron chi connectivity index (χ1n) is 9.77. The SMILES string of the molecule is CC12CCC(=O)C=C1CCC1[C@@H]2CCC2(C)[C@@H](C(=O)CO)CC[C@@H]12. The zero-order valence-corrected chi connectivity index (χ0v) is 15.0. The van der Waals surface area contributed by atoms with Gasteiger partial charge in [-0.1, -0.05) is 19.4 Å². The number of hydrogen-bond acceptors (Lipinski definition) is 3. The molecule has 24 heavy (non-hydrogen) atoms. The van der Waals surface area contributed by atoms with E-state index < -0.39 is 0 Å². The lowest BCUT2D eigenvalue weighted by Gasteiger charge is -2.58. The highest BCUT2D eigenvalue weighted by molar-refractivity contribution is 5.91. The summed E-state index contributed by atoms with van der Waals surface area (Å²) in [5.74, 6) is 2.42. The molecule has 0 aromatic heterocycles. The molecular weight excluding hydrogens is 300 g/mol. The molecule has 0 heterocycles. The number of aliphatic hydroxyl groups is 1. The molecule has 0 saturated heterocycles. The Balaban J connectivity index is 1.65. The average Bonchev–Trinajstić information content (AvgIpc) is 2.92. The van der Waals surface area contributed by atoms with E-state index in [4.69, 9.17) is 0 Å². The van der Waals surface area contributed by atoms with Gasteiger partial charge in [0.15, 0.2) is 11.6 Å². The lowest BCUT2D eigenvalue weighted by atomic mass is 9.46. The van der Waals surface area contributed by atoms with Crippen LogP contribution in [0.3, 0.4) is 0 Å². The van der Waals surface area contributed by atoms with Crippen molar-refractivity contribution in [1.82, 2.24) is 0 Å². The first kappa shape index (κ1) is 16.5. The summed E-state index contributed by atoms with van der Waals surface area (Å²) in [7, 11) is 0. The van der Waals surface area contributed by atoms with Crippen LogP contribution in [0, 0.1) is 34.5 Å². The normalized spacial score (nSPS) is 47.5. The van der Waals surface area contributed by atoms with Crippen LogP contribution in [-0.4, -0.2) is 23.3 Å². The van der Waals surface area contributed by atoms with Crippen molar-refractivity contribution < 1.29 is 14.7 Å². The highest BCUT2D eigenvalue weighted by atomic mass is 16.3.